The van der Waals surface area contributed by atoms with Crippen molar-refractivity contribution in [2.45, 2.75) is 290 Å². The SMILES string of the molecule is CC/C=C\C/C=C\C/C=C\CCCCCC(=O)OCC(COC(=O)CCCCCCCCCCCC/C=C\C/C=C\C/C=C\CCCCCCC)OC(=O)CCCCCCC/C=C\CCCCCCC. The Morgan fingerprint density at radius 1 is 0.300 bits per heavy atom. The van der Waals surface area contributed by atoms with Crippen LogP contribution < -0.4 is 0 Å². The lowest BCUT2D eigenvalue weighted by Gasteiger charge is -2.18. The molecule has 0 heterocycles. The Hall–Kier alpha value is -3.41. The third kappa shape index (κ3) is 55.5. The summed E-state index contributed by atoms with van der Waals surface area (Å²) in [5, 5.41) is 0. The van der Waals surface area contributed by atoms with E-state index in [9.17, 15) is 14.4 Å². The molecule has 402 valence electrons. The first-order valence-corrected chi connectivity index (χ1v) is 29.6. The molecule has 0 radical (unpaired) electrons. The van der Waals surface area contributed by atoms with E-state index in [1.807, 2.05) is 0 Å². The number of rotatable bonds is 53. The van der Waals surface area contributed by atoms with Gasteiger partial charge in [0.25, 0.3) is 0 Å². The molecular formula is C64H110O6. The van der Waals surface area contributed by atoms with Crippen LogP contribution in [0.15, 0.2) is 85.1 Å². The summed E-state index contributed by atoms with van der Waals surface area (Å²) in [6, 6.07) is 0. The van der Waals surface area contributed by atoms with E-state index in [4.69, 9.17) is 14.2 Å². The van der Waals surface area contributed by atoms with Gasteiger partial charge in [-0.05, 0) is 116 Å². The number of allylic oxidation sites excluding steroid dienone is 14. The fourth-order valence-electron chi connectivity index (χ4n) is 8.16. The van der Waals surface area contributed by atoms with Crippen LogP contribution in [-0.4, -0.2) is 37.2 Å². The summed E-state index contributed by atoms with van der Waals surface area (Å²) in [7, 11) is 0. The van der Waals surface area contributed by atoms with Gasteiger partial charge in [0.2, 0.25) is 0 Å². The number of carbonyl (C=O) groups excluding carboxylic acids is 3. The predicted molar refractivity (Wildman–Crippen MR) is 302 cm³/mol. The van der Waals surface area contributed by atoms with Gasteiger partial charge in [-0.2, -0.15) is 0 Å². The molecule has 0 aromatic rings. The molecule has 0 rings (SSSR count). The van der Waals surface area contributed by atoms with E-state index in [-0.39, 0.29) is 31.1 Å². The van der Waals surface area contributed by atoms with E-state index >= 15 is 0 Å². The number of carbonyl (C=O) groups is 3. The minimum absolute atomic E-state index is 0.0911. The maximum absolute atomic E-state index is 12.8. The van der Waals surface area contributed by atoms with Crippen molar-refractivity contribution in [3.8, 4) is 0 Å². The molecule has 0 saturated heterocycles. The topological polar surface area (TPSA) is 78.9 Å². The highest BCUT2D eigenvalue weighted by Crippen LogP contribution is 2.15. The van der Waals surface area contributed by atoms with Crippen molar-refractivity contribution >= 4 is 17.9 Å². The van der Waals surface area contributed by atoms with Crippen molar-refractivity contribution in [2.75, 3.05) is 13.2 Å². The molecule has 0 aromatic carbocycles. The van der Waals surface area contributed by atoms with Crippen LogP contribution in [-0.2, 0) is 28.6 Å². The molecule has 0 amide bonds. The Morgan fingerprint density at radius 3 is 0.900 bits per heavy atom. The number of esters is 3. The highest BCUT2D eigenvalue weighted by Gasteiger charge is 2.19. The summed E-state index contributed by atoms with van der Waals surface area (Å²) < 4.78 is 16.8. The second kappa shape index (κ2) is 58.2. The Bertz CT molecular complexity index is 1350. The molecule has 6 nitrogen and oxygen atoms in total. The normalized spacial score (nSPS) is 12.7. The fraction of sp³-hybridized carbons (Fsp3) is 0.734. The summed E-state index contributed by atoms with van der Waals surface area (Å²) in [6.45, 7) is 6.48. The molecule has 1 unspecified atom stereocenters. The lowest BCUT2D eigenvalue weighted by Crippen LogP contribution is -2.30. The monoisotopic (exact) mass is 975 g/mol. The molecule has 0 bridgehead atoms. The van der Waals surface area contributed by atoms with Crippen LogP contribution in [0.1, 0.15) is 284 Å². The molecule has 1 atom stereocenters. The van der Waals surface area contributed by atoms with Crippen molar-refractivity contribution in [1.82, 2.24) is 0 Å². The van der Waals surface area contributed by atoms with Crippen LogP contribution >= 0.6 is 0 Å². The van der Waals surface area contributed by atoms with Gasteiger partial charge < -0.3 is 14.2 Å². The van der Waals surface area contributed by atoms with Gasteiger partial charge in [0.05, 0.1) is 0 Å². The van der Waals surface area contributed by atoms with E-state index in [0.717, 1.165) is 109 Å². The van der Waals surface area contributed by atoms with Gasteiger partial charge in [-0.3, -0.25) is 14.4 Å². The van der Waals surface area contributed by atoms with Gasteiger partial charge in [0.15, 0.2) is 6.10 Å². The first kappa shape index (κ1) is 66.6. The Labute approximate surface area is 433 Å². The molecule has 0 aliphatic heterocycles. The maximum Gasteiger partial charge on any atom is 0.306 e. The van der Waals surface area contributed by atoms with Crippen molar-refractivity contribution in [3.05, 3.63) is 85.1 Å². The van der Waals surface area contributed by atoms with Crippen LogP contribution in [0.2, 0.25) is 0 Å². The fourth-order valence-corrected chi connectivity index (χ4v) is 8.16. The summed E-state index contributed by atoms with van der Waals surface area (Å²) in [5.74, 6) is -0.929. The van der Waals surface area contributed by atoms with Crippen LogP contribution in [0.3, 0.4) is 0 Å². The highest BCUT2D eigenvalue weighted by molar-refractivity contribution is 5.71. The summed E-state index contributed by atoms with van der Waals surface area (Å²) in [5.41, 5.74) is 0. The molecule has 70 heavy (non-hydrogen) atoms. The van der Waals surface area contributed by atoms with Crippen molar-refractivity contribution < 1.29 is 28.6 Å². The van der Waals surface area contributed by atoms with E-state index < -0.39 is 6.10 Å². The minimum atomic E-state index is -0.795. The molecule has 0 aliphatic carbocycles. The van der Waals surface area contributed by atoms with Gasteiger partial charge in [0.1, 0.15) is 13.2 Å². The number of hydrogen-bond donors (Lipinski definition) is 0. The van der Waals surface area contributed by atoms with Crippen LogP contribution in [0.4, 0.5) is 0 Å². The van der Waals surface area contributed by atoms with E-state index in [0.29, 0.717) is 19.3 Å². The first-order valence-electron chi connectivity index (χ1n) is 29.6. The zero-order valence-corrected chi connectivity index (χ0v) is 46.0. The maximum atomic E-state index is 12.8. The zero-order valence-electron chi connectivity index (χ0n) is 46.0. The number of hydrogen-bond acceptors (Lipinski definition) is 6. The molecule has 0 aromatic heterocycles. The van der Waals surface area contributed by atoms with Crippen LogP contribution in [0.25, 0.3) is 0 Å². The van der Waals surface area contributed by atoms with Gasteiger partial charge >= 0.3 is 17.9 Å². The van der Waals surface area contributed by atoms with E-state index in [1.165, 1.54) is 135 Å². The Balaban J connectivity index is 4.32. The molecule has 0 spiro atoms. The van der Waals surface area contributed by atoms with Crippen molar-refractivity contribution in [3.63, 3.8) is 0 Å². The predicted octanol–water partition coefficient (Wildman–Crippen LogP) is 19.9. The molecule has 0 aliphatic rings. The summed E-state index contributed by atoms with van der Waals surface area (Å²) in [6.07, 6.45) is 75.8. The molecular weight excluding hydrogens is 865 g/mol. The third-order valence-electron chi connectivity index (χ3n) is 12.6. The lowest BCUT2D eigenvalue weighted by atomic mass is 10.1. The quantitative estimate of drug-likeness (QED) is 0.0261. The standard InChI is InChI=1S/C64H110O6/c1-4-7-10-13-16-19-22-25-27-28-29-30-31-32-33-34-35-36-37-40-42-45-48-51-54-57-63(66)69-60-61(59-68-62(65)56-53-50-47-44-41-38-24-21-18-15-12-9-6-3)70-64(67)58-55-52-49-46-43-39-26-23-20-17-14-11-8-5-2/h9,12,18,21-23,25-26,28-29,31-32,38,41,61H,4-8,10-11,13-17,19-20,24,27,30,33-37,39-40,42-60H2,1-3H3/b12-9-,21-18-,25-22-,26-23-,29-28-,32-31-,41-38-. The summed E-state index contributed by atoms with van der Waals surface area (Å²) >= 11 is 0. The second-order valence-corrected chi connectivity index (χ2v) is 19.5. The first-order chi connectivity index (χ1) is 34.5. The van der Waals surface area contributed by atoms with E-state index in [2.05, 4.69) is 106 Å². The average Bonchev–Trinajstić information content (AvgIpc) is 3.36. The minimum Gasteiger partial charge on any atom is -0.462 e. The van der Waals surface area contributed by atoms with Crippen LogP contribution in [0.5, 0.6) is 0 Å². The smallest absolute Gasteiger partial charge is 0.306 e. The molecule has 0 fully saturated rings. The second-order valence-electron chi connectivity index (χ2n) is 19.5. The van der Waals surface area contributed by atoms with Crippen molar-refractivity contribution in [1.29, 1.82) is 0 Å². The van der Waals surface area contributed by atoms with Gasteiger partial charge in [-0.25, -0.2) is 0 Å². The van der Waals surface area contributed by atoms with Gasteiger partial charge in [-0.1, -0.05) is 234 Å². The van der Waals surface area contributed by atoms with Crippen LogP contribution in [0, 0.1) is 0 Å². The molecule has 6 heteroatoms. The number of ether oxygens (including phenoxy) is 3. The Morgan fingerprint density at radius 2 is 0.557 bits per heavy atom. The highest BCUT2D eigenvalue weighted by atomic mass is 16.6. The third-order valence-corrected chi connectivity index (χ3v) is 12.6. The Kier molecular flexibility index (Phi) is 55.3. The summed E-state index contributed by atoms with van der Waals surface area (Å²) in [4.78, 5) is 38.1. The molecule has 0 N–H and O–H groups in total. The molecule has 0 saturated carbocycles. The van der Waals surface area contributed by atoms with Crippen molar-refractivity contribution in [2.24, 2.45) is 0 Å². The number of unbranched alkanes of at least 4 members (excludes halogenated alkanes) is 28. The largest absolute Gasteiger partial charge is 0.462 e. The van der Waals surface area contributed by atoms with E-state index in [1.54, 1.807) is 0 Å². The average molecular weight is 976 g/mol. The van der Waals surface area contributed by atoms with Gasteiger partial charge in [-0.15, -0.1) is 0 Å². The zero-order chi connectivity index (χ0) is 50.7. The lowest BCUT2D eigenvalue weighted by molar-refractivity contribution is -0.167. The van der Waals surface area contributed by atoms with Gasteiger partial charge in [0, 0.05) is 19.3 Å².